The van der Waals surface area contributed by atoms with Crippen LogP contribution in [0.15, 0.2) is 95.4 Å². The van der Waals surface area contributed by atoms with E-state index in [0.717, 1.165) is 27.5 Å². The lowest BCUT2D eigenvalue weighted by atomic mass is 9.95. The Morgan fingerprint density at radius 3 is 2.32 bits per heavy atom. The molecule has 0 radical (unpaired) electrons. The molecule has 0 aromatic heterocycles. The van der Waals surface area contributed by atoms with Gasteiger partial charge in [0.1, 0.15) is 10.5 Å². The van der Waals surface area contributed by atoms with Gasteiger partial charge >= 0.3 is 0 Å². The topological polar surface area (TPSA) is 29.5 Å². The Morgan fingerprint density at radius 2 is 1.65 bits per heavy atom. The molecular weight excluding hydrogens is 402 g/mol. The molecule has 0 aliphatic carbocycles. The Morgan fingerprint density at radius 1 is 0.968 bits per heavy atom. The normalized spacial score (nSPS) is 17.4. The van der Waals surface area contributed by atoms with Crippen LogP contribution >= 0.6 is 11.8 Å². The molecule has 1 atom stereocenters. The lowest BCUT2D eigenvalue weighted by molar-refractivity contribution is -0.120. The van der Waals surface area contributed by atoms with Crippen molar-refractivity contribution in [2.24, 2.45) is 0 Å². The van der Waals surface area contributed by atoms with E-state index in [0.29, 0.717) is 13.0 Å². The first-order chi connectivity index (χ1) is 15.0. The number of amides is 1. The molecule has 4 rings (SSSR count). The van der Waals surface area contributed by atoms with Gasteiger partial charge in [-0.3, -0.25) is 4.79 Å². The van der Waals surface area contributed by atoms with E-state index in [4.69, 9.17) is 4.74 Å². The second kappa shape index (κ2) is 9.03. The van der Waals surface area contributed by atoms with Crippen molar-refractivity contribution in [1.29, 1.82) is 0 Å². The smallest absolute Gasteiger partial charge is 0.248 e. The van der Waals surface area contributed by atoms with Gasteiger partial charge in [0.2, 0.25) is 5.91 Å². The number of anilines is 1. The Hall–Kier alpha value is -2.98. The van der Waals surface area contributed by atoms with Crippen LogP contribution in [0.4, 0.5) is 5.69 Å². The van der Waals surface area contributed by atoms with Gasteiger partial charge in [0.25, 0.3) is 0 Å². The van der Waals surface area contributed by atoms with Crippen molar-refractivity contribution < 1.29 is 9.53 Å². The number of thioether (sulfide) groups is 1. The van der Waals surface area contributed by atoms with Crippen LogP contribution in [-0.2, 0) is 16.1 Å². The summed E-state index contributed by atoms with van der Waals surface area (Å²) in [6.45, 7) is 4.70. The zero-order chi connectivity index (χ0) is 21.8. The summed E-state index contributed by atoms with van der Waals surface area (Å²) in [5.74, 6) is 0.949. The average Bonchev–Trinajstić information content (AvgIpc) is 3.02. The molecular formula is C27H27NO2S. The number of rotatable bonds is 7. The van der Waals surface area contributed by atoms with Crippen molar-refractivity contribution in [3.8, 4) is 5.75 Å². The molecule has 1 heterocycles. The van der Waals surface area contributed by atoms with Crippen LogP contribution in [0.3, 0.4) is 0 Å². The van der Waals surface area contributed by atoms with Crippen molar-refractivity contribution in [3.05, 3.63) is 102 Å². The maximum absolute atomic E-state index is 14.1. The third kappa shape index (κ3) is 4.26. The van der Waals surface area contributed by atoms with Crippen LogP contribution in [0, 0.1) is 0 Å². The van der Waals surface area contributed by atoms with Crippen LogP contribution in [-0.4, -0.2) is 13.0 Å². The van der Waals surface area contributed by atoms with Crippen molar-refractivity contribution in [1.82, 2.24) is 0 Å². The molecule has 1 aliphatic heterocycles. The third-order valence-corrected chi connectivity index (χ3v) is 6.97. The Kier molecular flexibility index (Phi) is 6.19. The summed E-state index contributed by atoms with van der Waals surface area (Å²) in [5.41, 5.74) is 4.37. The van der Waals surface area contributed by atoms with Crippen molar-refractivity contribution in [2.75, 3.05) is 12.0 Å². The van der Waals surface area contributed by atoms with E-state index in [1.54, 1.807) is 18.9 Å². The van der Waals surface area contributed by atoms with Crippen LogP contribution in [0.25, 0.3) is 0 Å². The van der Waals surface area contributed by atoms with E-state index in [2.05, 4.69) is 44.2 Å². The van der Waals surface area contributed by atoms with Gasteiger partial charge in [-0.2, -0.15) is 0 Å². The zero-order valence-electron chi connectivity index (χ0n) is 18.2. The minimum Gasteiger partial charge on any atom is -0.497 e. The van der Waals surface area contributed by atoms with Gasteiger partial charge in [-0.1, -0.05) is 60.2 Å². The fourth-order valence-corrected chi connectivity index (χ4v) is 5.28. The predicted octanol–water partition coefficient (Wildman–Crippen LogP) is 6.59. The first-order valence-electron chi connectivity index (χ1n) is 10.5. The van der Waals surface area contributed by atoms with E-state index in [-0.39, 0.29) is 5.91 Å². The Bertz CT molecular complexity index is 1090. The van der Waals surface area contributed by atoms with E-state index >= 15 is 0 Å². The number of benzene rings is 3. The number of methoxy groups -OCH3 is 1. The molecule has 0 fully saturated rings. The quantitative estimate of drug-likeness (QED) is 0.397. The highest BCUT2D eigenvalue weighted by atomic mass is 32.2. The van der Waals surface area contributed by atoms with Crippen molar-refractivity contribution >= 4 is 23.4 Å². The summed E-state index contributed by atoms with van der Waals surface area (Å²) in [6, 6.07) is 26.4. The van der Waals surface area contributed by atoms with Gasteiger partial charge < -0.3 is 9.64 Å². The SMILES string of the molecule is COc1ccc(CN2C(=O)C(CC=C(C)C)(Sc3ccccc3)c3ccccc32)cc1. The Labute approximate surface area is 188 Å². The Balaban J connectivity index is 1.77. The molecule has 158 valence electrons. The van der Waals surface area contributed by atoms with E-state index < -0.39 is 4.75 Å². The minimum absolute atomic E-state index is 0.135. The van der Waals surface area contributed by atoms with Crippen LogP contribution < -0.4 is 9.64 Å². The number of para-hydroxylation sites is 1. The fraction of sp³-hybridized carbons (Fsp3) is 0.222. The number of carbonyl (C=O) groups is 1. The number of allylic oxidation sites excluding steroid dienone is 2. The van der Waals surface area contributed by atoms with Crippen LogP contribution in [0.1, 0.15) is 31.4 Å². The highest BCUT2D eigenvalue weighted by Gasteiger charge is 2.50. The number of ether oxygens (including phenoxy) is 1. The molecule has 4 heteroatoms. The van der Waals surface area contributed by atoms with Gasteiger partial charge in [0.05, 0.1) is 13.7 Å². The lowest BCUT2D eigenvalue weighted by Gasteiger charge is -2.28. The summed E-state index contributed by atoms with van der Waals surface area (Å²) in [5, 5.41) is 0. The first kappa shape index (κ1) is 21.3. The molecule has 0 saturated carbocycles. The zero-order valence-corrected chi connectivity index (χ0v) is 19.0. The van der Waals surface area contributed by atoms with Gasteiger partial charge in [-0.15, -0.1) is 11.8 Å². The second-order valence-corrected chi connectivity index (χ2v) is 9.36. The summed E-state index contributed by atoms with van der Waals surface area (Å²) in [6.07, 6.45) is 2.84. The molecule has 1 unspecified atom stereocenters. The number of hydrogen-bond donors (Lipinski definition) is 0. The number of nitrogens with zero attached hydrogens (tertiary/aromatic N) is 1. The van der Waals surface area contributed by atoms with Crippen molar-refractivity contribution in [3.63, 3.8) is 0 Å². The molecule has 3 aromatic carbocycles. The fourth-order valence-electron chi connectivity index (χ4n) is 3.94. The number of carbonyl (C=O) groups excluding carboxylic acids is 1. The van der Waals surface area contributed by atoms with Crippen LogP contribution in [0.5, 0.6) is 5.75 Å². The monoisotopic (exact) mass is 429 g/mol. The number of hydrogen-bond acceptors (Lipinski definition) is 3. The van der Waals surface area contributed by atoms with Gasteiger partial charge in [-0.05, 0) is 56.2 Å². The highest BCUT2D eigenvalue weighted by Crippen LogP contribution is 2.54. The van der Waals surface area contributed by atoms with Crippen LogP contribution in [0.2, 0.25) is 0 Å². The lowest BCUT2D eigenvalue weighted by Crippen LogP contribution is -2.37. The van der Waals surface area contributed by atoms with E-state index in [1.165, 1.54) is 5.57 Å². The summed E-state index contributed by atoms with van der Waals surface area (Å²) in [4.78, 5) is 17.1. The molecule has 1 amide bonds. The summed E-state index contributed by atoms with van der Waals surface area (Å²) in [7, 11) is 1.66. The second-order valence-electron chi connectivity index (χ2n) is 7.98. The molecule has 1 aliphatic rings. The minimum atomic E-state index is -0.679. The molecule has 31 heavy (non-hydrogen) atoms. The van der Waals surface area contributed by atoms with Gasteiger partial charge in [0.15, 0.2) is 0 Å². The standard InChI is InChI=1S/C27H27NO2S/c1-20(2)17-18-27(31-23-9-5-4-6-10-23)24-11-7-8-12-25(24)28(26(27)29)19-21-13-15-22(30-3)16-14-21/h4-17H,18-19H2,1-3H3. The maximum atomic E-state index is 14.1. The largest absolute Gasteiger partial charge is 0.497 e. The first-order valence-corrected chi connectivity index (χ1v) is 11.3. The number of fused-ring (bicyclic) bond motifs is 1. The maximum Gasteiger partial charge on any atom is 0.248 e. The van der Waals surface area contributed by atoms with E-state index in [9.17, 15) is 4.79 Å². The predicted molar refractivity (Wildman–Crippen MR) is 129 cm³/mol. The molecule has 3 aromatic rings. The summed E-state index contributed by atoms with van der Waals surface area (Å²) < 4.78 is 4.60. The van der Waals surface area contributed by atoms with Crippen molar-refractivity contribution in [2.45, 2.75) is 36.5 Å². The molecule has 0 saturated heterocycles. The molecule has 0 N–H and O–H groups in total. The van der Waals surface area contributed by atoms with E-state index in [1.807, 2.05) is 59.5 Å². The van der Waals surface area contributed by atoms with Gasteiger partial charge in [0, 0.05) is 16.1 Å². The highest BCUT2D eigenvalue weighted by molar-refractivity contribution is 8.01. The molecule has 3 nitrogen and oxygen atoms in total. The van der Waals surface area contributed by atoms with Gasteiger partial charge in [-0.25, -0.2) is 0 Å². The molecule has 0 bridgehead atoms. The molecule has 0 spiro atoms. The average molecular weight is 430 g/mol. The summed E-state index contributed by atoms with van der Waals surface area (Å²) >= 11 is 1.66. The third-order valence-electron chi connectivity index (χ3n) is 5.55.